The van der Waals surface area contributed by atoms with Gasteiger partial charge in [0.15, 0.2) is 0 Å². The SMILES string of the molecule is Cc1cc(Cl)cc(C)c1N(C)C(=N)NC(N)=O. The second kappa shape index (κ2) is 5.05. The predicted octanol–water partition coefficient (Wildman–Crippen LogP) is 2.00. The van der Waals surface area contributed by atoms with Crippen molar-refractivity contribution in [3.8, 4) is 0 Å². The largest absolute Gasteiger partial charge is 0.351 e. The number of nitrogens with zero attached hydrogens (tertiary/aromatic N) is 1. The molecule has 1 aromatic rings. The Morgan fingerprint density at radius 3 is 2.29 bits per heavy atom. The summed E-state index contributed by atoms with van der Waals surface area (Å²) >= 11 is 5.93. The van der Waals surface area contributed by atoms with Gasteiger partial charge in [0, 0.05) is 17.8 Å². The normalized spacial score (nSPS) is 9.88. The summed E-state index contributed by atoms with van der Waals surface area (Å²) in [6.45, 7) is 3.78. The van der Waals surface area contributed by atoms with Crippen LogP contribution in [0.15, 0.2) is 12.1 Å². The van der Waals surface area contributed by atoms with Crippen molar-refractivity contribution in [2.45, 2.75) is 13.8 Å². The number of anilines is 1. The maximum Gasteiger partial charge on any atom is 0.318 e. The molecular weight excluding hydrogens is 240 g/mol. The average Bonchev–Trinajstić information content (AvgIpc) is 2.14. The van der Waals surface area contributed by atoms with E-state index < -0.39 is 6.03 Å². The summed E-state index contributed by atoms with van der Waals surface area (Å²) in [5, 5.41) is 10.6. The first-order valence-corrected chi connectivity index (χ1v) is 5.36. The lowest BCUT2D eigenvalue weighted by atomic mass is 10.1. The second-order valence-corrected chi connectivity index (χ2v) is 4.22. The molecular formula is C11H15ClN4O. The van der Waals surface area contributed by atoms with Crippen LogP contribution in [-0.2, 0) is 0 Å². The predicted molar refractivity (Wildman–Crippen MR) is 69.8 cm³/mol. The van der Waals surface area contributed by atoms with E-state index in [4.69, 9.17) is 22.7 Å². The first-order valence-electron chi connectivity index (χ1n) is 4.98. The lowest BCUT2D eigenvalue weighted by Gasteiger charge is -2.23. The molecule has 2 amide bonds. The smallest absolute Gasteiger partial charge is 0.318 e. The number of primary amides is 1. The topological polar surface area (TPSA) is 82.2 Å². The van der Waals surface area contributed by atoms with Gasteiger partial charge in [-0.25, -0.2) is 4.79 Å². The van der Waals surface area contributed by atoms with Gasteiger partial charge in [0.05, 0.1) is 0 Å². The molecule has 0 bridgehead atoms. The van der Waals surface area contributed by atoms with Crippen LogP contribution in [0.2, 0.25) is 5.02 Å². The van der Waals surface area contributed by atoms with Crippen molar-refractivity contribution in [1.29, 1.82) is 5.41 Å². The van der Waals surface area contributed by atoms with E-state index in [0.29, 0.717) is 5.02 Å². The van der Waals surface area contributed by atoms with Crippen molar-refractivity contribution in [3.63, 3.8) is 0 Å². The molecule has 0 atom stereocenters. The van der Waals surface area contributed by atoms with E-state index in [-0.39, 0.29) is 5.96 Å². The summed E-state index contributed by atoms with van der Waals surface area (Å²) in [5.74, 6) is -0.0778. The summed E-state index contributed by atoms with van der Waals surface area (Å²) in [5.41, 5.74) is 7.65. The van der Waals surface area contributed by atoms with E-state index in [2.05, 4.69) is 5.32 Å². The number of hydrogen-bond acceptors (Lipinski definition) is 2. The van der Waals surface area contributed by atoms with Crippen molar-refractivity contribution in [2.75, 3.05) is 11.9 Å². The van der Waals surface area contributed by atoms with Crippen LogP contribution >= 0.6 is 11.6 Å². The number of urea groups is 1. The number of benzene rings is 1. The van der Waals surface area contributed by atoms with Gasteiger partial charge in [0.1, 0.15) is 0 Å². The van der Waals surface area contributed by atoms with Crippen LogP contribution in [0, 0.1) is 19.3 Å². The highest BCUT2D eigenvalue weighted by atomic mass is 35.5. The molecule has 1 rings (SSSR count). The fraction of sp³-hybridized carbons (Fsp3) is 0.273. The number of carbonyl (C=O) groups excluding carboxylic acids is 1. The van der Waals surface area contributed by atoms with Crippen molar-refractivity contribution in [2.24, 2.45) is 5.73 Å². The molecule has 0 heterocycles. The molecule has 17 heavy (non-hydrogen) atoms. The molecule has 6 heteroatoms. The van der Waals surface area contributed by atoms with Crippen LogP contribution in [0.3, 0.4) is 0 Å². The molecule has 4 N–H and O–H groups in total. The average molecular weight is 255 g/mol. The zero-order chi connectivity index (χ0) is 13.2. The minimum absolute atomic E-state index is 0.0778. The van der Waals surface area contributed by atoms with E-state index in [0.717, 1.165) is 16.8 Å². The van der Waals surface area contributed by atoms with Crippen molar-refractivity contribution >= 4 is 29.3 Å². The third kappa shape index (κ3) is 3.10. The van der Waals surface area contributed by atoms with E-state index in [9.17, 15) is 4.79 Å². The Morgan fingerprint density at radius 1 is 1.41 bits per heavy atom. The Bertz CT molecular complexity index is 450. The number of hydrogen-bond donors (Lipinski definition) is 3. The molecule has 0 aliphatic rings. The molecule has 1 aromatic carbocycles. The van der Waals surface area contributed by atoms with Crippen LogP contribution in [0.25, 0.3) is 0 Å². The van der Waals surface area contributed by atoms with Gasteiger partial charge < -0.3 is 10.6 Å². The fourth-order valence-corrected chi connectivity index (χ4v) is 2.07. The Balaban J connectivity index is 3.08. The van der Waals surface area contributed by atoms with Crippen molar-refractivity contribution in [1.82, 2.24) is 5.32 Å². The molecule has 92 valence electrons. The maximum atomic E-state index is 10.7. The van der Waals surface area contributed by atoms with Crippen molar-refractivity contribution in [3.05, 3.63) is 28.3 Å². The standard InChI is InChI=1S/C11H15ClN4O/c1-6-4-8(12)5-7(2)9(6)16(3)10(13)15-11(14)17/h4-5H,1-3H3,(H4,13,14,15,17). The van der Waals surface area contributed by atoms with Gasteiger partial charge in [-0.1, -0.05) is 11.6 Å². The minimum Gasteiger partial charge on any atom is -0.351 e. The summed E-state index contributed by atoms with van der Waals surface area (Å²) < 4.78 is 0. The second-order valence-electron chi connectivity index (χ2n) is 3.79. The van der Waals surface area contributed by atoms with Crippen molar-refractivity contribution < 1.29 is 4.79 Å². The summed E-state index contributed by atoms with van der Waals surface area (Å²) in [6, 6.07) is 2.85. The number of guanidine groups is 1. The highest BCUT2D eigenvalue weighted by molar-refractivity contribution is 6.30. The number of amides is 2. The summed E-state index contributed by atoms with van der Waals surface area (Å²) in [7, 11) is 1.68. The molecule has 0 radical (unpaired) electrons. The molecule has 0 unspecified atom stereocenters. The number of nitrogens with one attached hydrogen (secondary N) is 2. The monoisotopic (exact) mass is 254 g/mol. The molecule has 0 aromatic heterocycles. The molecule has 0 saturated carbocycles. The van der Waals surface area contributed by atoms with E-state index in [1.54, 1.807) is 24.1 Å². The summed E-state index contributed by atoms with van der Waals surface area (Å²) in [4.78, 5) is 12.2. The Hall–Kier alpha value is -1.75. The third-order valence-electron chi connectivity index (χ3n) is 2.37. The molecule has 5 nitrogen and oxygen atoms in total. The van der Waals surface area contributed by atoms with Gasteiger partial charge in [-0.15, -0.1) is 0 Å². The van der Waals surface area contributed by atoms with E-state index >= 15 is 0 Å². The van der Waals surface area contributed by atoms with Gasteiger partial charge in [0.25, 0.3) is 0 Å². The highest BCUT2D eigenvalue weighted by Crippen LogP contribution is 2.27. The number of carbonyl (C=O) groups is 1. The van der Waals surface area contributed by atoms with Gasteiger partial charge in [-0.05, 0) is 37.1 Å². The molecule has 0 fully saturated rings. The molecule has 0 saturated heterocycles. The fourth-order valence-electron chi connectivity index (χ4n) is 1.74. The minimum atomic E-state index is -0.758. The number of rotatable bonds is 1. The summed E-state index contributed by atoms with van der Waals surface area (Å²) in [6.07, 6.45) is 0. The van der Waals surface area contributed by atoms with E-state index in [1.165, 1.54) is 0 Å². The Labute approximate surface area is 105 Å². The number of halogens is 1. The van der Waals surface area contributed by atoms with Crippen LogP contribution in [0.1, 0.15) is 11.1 Å². The lowest BCUT2D eigenvalue weighted by Crippen LogP contribution is -2.44. The molecule has 0 spiro atoms. The maximum absolute atomic E-state index is 10.7. The quantitative estimate of drug-likeness (QED) is 0.529. The van der Waals surface area contributed by atoms with Crippen LogP contribution in [-0.4, -0.2) is 19.0 Å². The van der Waals surface area contributed by atoms with Gasteiger partial charge in [-0.2, -0.15) is 0 Å². The zero-order valence-corrected chi connectivity index (χ0v) is 10.7. The number of nitrogens with two attached hydrogens (primary N) is 1. The van der Waals surface area contributed by atoms with Crippen LogP contribution in [0.5, 0.6) is 0 Å². The first-order chi connectivity index (χ1) is 7.82. The zero-order valence-electron chi connectivity index (χ0n) is 9.97. The first kappa shape index (κ1) is 13.3. The third-order valence-corrected chi connectivity index (χ3v) is 2.59. The highest BCUT2D eigenvalue weighted by Gasteiger charge is 2.14. The van der Waals surface area contributed by atoms with Crippen LogP contribution < -0.4 is 16.0 Å². The van der Waals surface area contributed by atoms with E-state index in [1.807, 2.05) is 13.8 Å². The lowest BCUT2D eigenvalue weighted by molar-refractivity contribution is 0.253. The molecule has 0 aliphatic heterocycles. The Morgan fingerprint density at radius 2 is 1.88 bits per heavy atom. The molecule has 0 aliphatic carbocycles. The van der Waals surface area contributed by atoms with Gasteiger partial charge in [0.2, 0.25) is 5.96 Å². The van der Waals surface area contributed by atoms with Crippen LogP contribution in [0.4, 0.5) is 10.5 Å². The Kier molecular flexibility index (Phi) is 3.96. The van der Waals surface area contributed by atoms with Gasteiger partial charge in [-0.3, -0.25) is 10.7 Å². The number of aryl methyl sites for hydroxylation is 2. The van der Waals surface area contributed by atoms with Gasteiger partial charge >= 0.3 is 6.03 Å².